The quantitative estimate of drug-likeness (QED) is 0.739. The lowest BCUT2D eigenvalue weighted by Crippen LogP contribution is -2.51. The molecule has 0 aliphatic carbocycles. The molecule has 1 aromatic heterocycles. The number of piperazine rings is 1. The van der Waals surface area contributed by atoms with E-state index in [9.17, 15) is 14.4 Å². The Hall–Kier alpha value is -3.07. The number of hydrogen-bond donors (Lipinski definition) is 1. The third-order valence-corrected chi connectivity index (χ3v) is 6.47. The number of piperidine rings is 1. The van der Waals surface area contributed by atoms with Gasteiger partial charge in [-0.3, -0.25) is 19.2 Å². The van der Waals surface area contributed by atoms with Crippen molar-refractivity contribution in [2.45, 2.75) is 39.2 Å². The smallest absolute Gasteiger partial charge is 0.410 e. The molecule has 1 N–H and O–H groups in total. The molecule has 4 rings (SSSR count). The van der Waals surface area contributed by atoms with Crippen molar-refractivity contribution in [3.8, 4) is 5.69 Å². The van der Waals surface area contributed by atoms with Crippen molar-refractivity contribution in [2.75, 3.05) is 50.7 Å². The van der Waals surface area contributed by atoms with Gasteiger partial charge in [0.2, 0.25) is 0 Å². The molecule has 2 aliphatic rings. The minimum atomic E-state index is -0.456. The molecule has 9 nitrogen and oxygen atoms in total. The summed E-state index contributed by atoms with van der Waals surface area (Å²) >= 11 is 0. The SMILES string of the molecule is CC(C)(C)OC(=O)N1CCN(CC2CCN(c3ccc(-n4ccc(=O)[nH]c4=O)cc3)CC2)CC1. The zero-order valence-electron chi connectivity index (χ0n) is 20.3. The molecule has 0 unspecified atom stereocenters. The van der Waals surface area contributed by atoms with E-state index < -0.39 is 16.9 Å². The maximum Gasteiger partial charge on any atom is 0.410 e. The van der Waals surface area contributed by atoms with Gasteiger partial charge in [-0.05, 0) is 63.8 Å². The normalized spacial score (nSPS) is 18.2. The van der Waals surface area contributed by atoms with E-state index in [1.807, 2.05) is 49.9 Å². The molecule has 34 heavy (non-hydrogen) atoms. The first kappa shape index (κ1) is 24.1. The number of rotatable bonds is 4. The van der Waals surface area contributed by atoms with E-state index in [1.165, 1.54) is 16.8 Å². The van der Waals surface area contributed by atoms with Gasteiger partial charge in [-0.1, -0.05) is 0 Å². The van der Waals surface area contributed by atoms with Gasteiger partial charge in [-0.2, -0.15) is 0 Å². The summed E-state index contributed by atoms with van der Waals surface area (Å²) in [6.45, 7) is 12.0. The molecule has 184 valence electrons. The van der Waals surface area contributed by atoms with Crippen LogP contribution in [-0.2, 0) is 4.74 Å². The lowest BCUT2D eigenvalue weighted by Gasteiger charge is -2.39. The van der Waals surface area contributed by atoms with Gasteiger partial charge in [0.1, 0.15) is 5.60 Å². The number of carbonyl (C=O) groups is 1. The summed E-state index contributed by atoms with van der Waals surface area (Å²) in [6.07, 6.45) is 3.55. The van der Waals surface area contributed by atoms with Crippen LogP contribution in [0.1, 0.15) is 33.6 Å². The fraction of sp³-hybridized carbons (Fsp3) is 0.560. The van der Waals surface area contributed by atoms with Crippen molar-refractivity contribution in [1.82, 2.24) is 19.4 Å². The number of hydrogen-bond acceptors (Lipinski definition) is 6. The first-order valence-corrected chi connectivity index (χ1v) is 12.1. The Bertz CT molecular complexity index is 1090. The van der Waals surface area contributed by atoms with Crippen molar-refractivity contribution in [3.63, 3.8) is 0 Å². The highest BCUT2D eigenvalue weighted by atomic mass is 16.6. The van der Waals surface area contributed by atoms with E-state index in [-0.39, 0.29) is 6.09 Å². The van der Waals surface area contributed by atoms with Gasteiger partial charge < -0.3 is 14.5 Å². The maximum atomic E-state index is 12.3. The second kappa shape index (κ2) is 10.0. The summed E-state index contributed by atoms with van der Waals surface area (Å²) in [6, 6.07) is 9.22. The third kappa shape index (κ3) is 6.08. The van der Waals surface area contributed by atoms with Crippen LogP contribution >= 0.6 is 0 Å². The van der Waals surface area contributed by atoms with Gasteiger partial charge in [0.25, 0.3) is 5.56 Å². The maximum absolute atomic E-state index is 12.3. The third-order valence-electron chi connectivity index (χ3n) is 6.47. The average Bonchev–Trinajstić information content (AvgIpc) is 2.79. The summed E-state index contributed by atoms with van der Waals surface area (Å²) in [4.78, 5) is 44.5. The molecule has 0 radical (unpaired) electrons. The van der Waals surface area contributed by atoms with Gasteiger partial charge in [-0.25, -0.2) is 9.59 Å². The molecule has 2 aliphatic heterocycles. The molecule has 0 bridgehead atoms. The minimum absolute atomic E-state index is 0.211. The molecule has 1 aromatic carbocycles. The summed E-state index contributed by atoms with van der Waals surface area (Å²) in [5.41, 5.74) is 0.581. The van der Waals surface area contributed by atoms with Crippen molar-refractivity contribution in [1.29, 1.82) is 0 Å². The van der Waals surface area contributed by atoms with Crippen molar-refractivity contribution in [2.24, 2.45) is 5.92 Å². The number of H-pyrrole nitrogens is 1. The summed E-state index contributed by atoms with van der Waals surface area (Å²) in [5, 5.41) is 0. The standard InChI is InChI=1S/C25H35N5O4/c1-25(2,3)34-24(33)29-16-14-27(15-17-29)18-19-8-11-28(12-9-19)20-4-6-21(7-5-20)30-13-10-22(31)26-23(30)32/h4-7,10,13,19H,8-9,11-12,14-18H2,1-3H3,(H,26,31,32). The number of nitrogens with zero attached hydrogens (tertiary/aromatic N) is 4. The van der Waals surface area contributed by atoms with E-state index >= 15 is 0 Å². The van der Waals surface area contributed by atoms with Crippen LogP contribution < -0.4 is 16.1 Å². The molecule has 2 aromatic rings. The lowest BCUT2D eigenvalue weighted by atomic mass is 9.95. The number of aromatic amines is 1. The topological polar surface area (TPSA) is 90.9 Å². The monoisotopic (exact) mass is 469 g/mol. The van der Waals surface area contributed by atoms with Crippen molar-refractivity contribution in [3.05, 3.63) is 57.4 Å². The lowest BCUT2D eigenvalue weighted by molar-refractivity contribution is 0.0130. The predicted molar refractivity (Wildman–Crippen MR) is 132 cm³/mol. The van der Waals surface area contributed by atoms with Gasteiger partial charge in [0.05, 0.1) is 5.69 Å². The molecule has 2 saturated heterocycles. The molecule has 3 heterocycles. The van der Waals surface area contributed by atoms with E-state index in [0.29, 0.717) is 5.92 Å². The first-order chi connectivity index (χ1) is 16.2. The molecule has 0 atom stereocenters. The molecule has 0 spiro atoms. The number of benzene rings is 1. The number of carbonyl (C=O) groups excluding carboxylic acids is 1. The van der Waals surface area contributed by atoms with Crippen LogP contribution in [0.2, 0.25) is 0 Å². The van der Waals surface area contributed by atoms with Crippen molar-refractivity contribution >= 4 is 11.8 Å². The van der Waals surface area contributed by atoms with Crippen LogP contribution in [0.3, 0.4) is 0 Å². The highest BCUT2D eigenvalue weighted by Gasteiger charge is 2.28. The molecule has 0 saturated carbocycles. The summed E-state index contributed by atoms with van der Waals surface area (Å²) in [7, 11) is 0. The van der Waals surface area contributed by atoms with Crippen LogP contribution in [0.4, 0.5) is 10.5 Å². The van der Waals surface area contributed by atoms with E-state index in [4.69, 9.17) is 4.74 Å². The zero-order valence-corrected chi connectivity index (χ0v) is 20.3. The largest absolute Gasteiger partial charge is 0.444 e. The van der Waals surface area contributed by atoms with Gasteiger partial charge in [0, 0.05) is 63.8 Å². The summed E-state index contributed by atoms with van der Waals surface area (Å²) in [5.74, 6) is 0.656. The second-order valence-corrected chi connectivity index (χ2v) is 10.2. The summed E-state index contributed by atoms with van der Waals surface area (Å²) < 4.78 is 6.92. The van der Waals surface area contributed by atoms with Crippen LogP contribution in [-0.4, -0.2) is 76.9 Å². The highest BCUT2D eigenvalue weighted by Crippen LogP contribution is 2.25. The van der Waals surface area contributed by atoms with Crippen LogP contribution in [0, 0.1) is 5.92 Å². The van der Waals surface area contributed by atoms with Crippen molar-refractivity contribution < 1.29 is 9.53 Å². The molecule has 2 fully saturated rings. The first-order valence-electron chi connectivity index (χ1n) is 12.1. The molecular weight excluding hydrogens is 434 g/mol. The molecule has 9 heteroatoms. The van der Waals surface area contributed by atoms with Gasteiger partial charge in [-0.15, -0.1) is 0 Å². The Balaban J connectivity index is 1.24. The Morgan fingerprint density at radius 2 is 1.56 bits per heavy atom. The average molecular weight is 470 g/mol. The fourth-order valence-electron chi connectivity index (χ4n) is 4.62. The van der Waals surface area contributed by atoms with E-state index in [0.717, 1.165) is 70.0 Å². The Morgan fingerprint density at radius 3 is 2.15 bits per heavy atom. The number of nitrogens with one attached hydrogen (secondary N) is 1. The number of aromatic nitrogens is 2. The van der Waals surface area contributed by atoms with E-state index in [2.05, 4.69) is 14.8 Å². The Morgan fingerprint density at radius 1 is 0.941 bits per heavy atom. The number of anilines is 1. The van der Waals surface area contributed by atoms with Gasteiger partial charge in [0.15, 0.2) is 0 Å². The van der Waals surface area contributed by atoms with Crippen LogP contribution in [0.25, 0.3) is 5.69 Å². The predicted octanol–water partition coefficient (Wildman–Crippen LogP) is 2.29. The van der Waals surface area contributed by atoms with Crippen LogP contribution in [0.5, 0.6) is 0 Å². The number of ether oxygens (including phenoxy) is 1. The van der Waals surface area contributed by atoms with Crippen LogP contribution in [0.15, 0.2) is 46.1 Å². The molecule has 1 amide bonds. The minimum Gasteiger partial charge on any atom is -0.444 e. The Kier molecular flexibility index (Phi) is 7.11. The number of amides is 1. The fourth-order valence-corrected chi connectivity index (χ4v) is 4.62. The van der Waals surface area contributed by atoms with E-state index in [1.54, 1.807) is 0 Å². The highest BCUT2D eigenvalue weighted by molar-refractivity contribution is 5.68. The molecular formula is C25H35N5O4. The van der Waals surface area contributed by atoms with Gasteiger partial charge >= 0.3 is 11.8 Å². The second-order valence-electron chi connectivity index (χ2n) is 10.2. The Labute approximate surface area is 199 Å². The zero-order chi connectivity index (χ0) is 24.3.